The van der Waals surface area contributed by atoms with E-state index in [-0.39, 0.29) is 11.7 Å². The van der Waals surface area contributed by atoms with Gasteiger partial charge in [0.2, 0.25) is 5.91 Å². The molecule has 0 atom stereocenters. The number of hydrogen-bond acceptors (Lipinski definition) is 3. The first-order valence-electron chi connectivity index (χ1n) is 6.20. The standard InChI is InChI=1S/C15H14Cl2N2OS/c1-9-5-6-11(18)13(7-9)21-8-14(20)19-12-4-2-3-10(16)15(12)17/h2-7H,8,18H2,1H3,(H,19,20). The Morgan fingerprint density at radius 1 is 1.29 bits per heavy atom. The van der Waals surface area contributed by atoms with E-state index < -0.39 is 0 Å². The van der Waals surface area contributed by atoms with Crippen LogP contribution in [0.5, 0.6) is 0 Å². The normalized spacial score (nSPS) is 10.4. The van der Waals surface area contributed by atoms with Crippen LogP contribution in [0.15, 0.2) is 41.3 Å². The predicted molar refractivity (Wildman–Crippen MR) is 91.4 cm³/mol. The lowest BCUT2D eigenvalue weighted by atomic mass is 10.2. The highest BCUT2D eigenvalue weighted by atomic mass is 35.5. The van der Waals surface area contributed by atoms with Crippen molar-refractivity contribution in [3.8, 4) is 0 Å². The number of halogens is 2. The maximum Gasteiger partial charge on any atom is 0.234 e. The number of carbonyl (C=O) groups excluding carboxylic acids is 1. The molecule has 2 aromatic rings. The molecule has 0 unspecified atom stereocenters. The fourth-order valence-electron chi connectivity index (χ4n) is 1.70. The Hall–Kier alpha value is -1.36. The third kappa shape index (κ3) is 4.30. The minimum Gasteiger partial charge on any atom is -0.398 e. The van der Waals surface area contributed by atoms with Crippen LogP contribution in [0, 0.1) is 6.92 Å². The quantitative estimate of drug-likeness (QED) is 0.630. The van der Waals surface area contributed by atoms with Crippen molar-refractivity contribution in [3.05, 3.63) is 52.0 Å². The van der Waals surface area contributed by atoms with Gasteiger partial charge in [-0.2, -0.15) is 0 Å². The van der Waals surface area contributed by atoms with E-state index in [1.807, 2.05) is 25.1 Å². The van der Waals surface area contributed by atoms with Crippen molar-refractivity contribution >= 4 is 52.2 Å². The van der Waals surface area contributed by atoms with Crippen LogP contribution < -0.4 is 11.1 Å². The molecule has 0 bridgehead atoms. The summed E-state index contributed by atoms with van der Waals surface area (Å²) < 4.78 is 0. The van der Waals surface area contributed by atoms with Gasteiger partial charge in [-0.25, -0.2) is 0 Å². The van der Waals surface area contributed by atoms with E-state index in [1.54, 1.807) is 18.2 Å². The first kappa shape index (κ1) is 16.0. The first-order valence-corrected chi connectivity index (χ1v) is 7.94. The predicted octanol–water partition coefficient (Wildman–Crippen LogP) is 4.61. The Morgan fingerprint density at radius 3 is 2.81 bits per heavy atom. The number of nitrogen functional groups attached to an aromatic ring is 1. The molecule has 3 N–H and O–H groups in total. The van der Waals surface area contributed by atoms with E-state index in [9.17, 15) is 4.79 Å². The van der Waals surface area contributed by atoms with Gasteiger partial charge in [0.15, 0.2) is 0 Å². The van der Waals surface area contributed by atoms with E-state index in [1.165, 1.54) is 11.8 Å². The Morgan fingerprint density at radius 2 is 2.05 bits per heavy atom. The van der Waals surface area contributed by atoms with Gasteiger partial charge >= 0.3 is 0 Å². The third-order valence-corrected chi connectivity index (χ3v) is 4.64. The van der Waals surface area contributed by atoms with Crippen LogP contribution in [0.2, 0.25) is 10.0 Å². The molecule has 6 heteroatoms. The van der Waals surface area contributed by atoms with Gasteiger partial charge in [-0.1, -0.05) is 35.3 Å². The summed E-state index contributed by atoms with van der Waals surface area (Å²) in [4.78, 5) is 12.9. The number of thioether (sulfide) groups is 1. The molecule has 0 radical (unpaired) electrons. The molecule has 0 saturated heterocycles. The third-order valence-electron chi connectivity index (χ3n) is 2.75. The van der Waals surface area contributed by atoms with Crippen molar-refractivity contribution in [2.75, 3.05) is 16.8 Å². The monoisotopic (exact) mass is 340 g/mol. The minimum absolute atomic E-state index is 0.162. The lowest BCUT2D eigenvalue weighted by Gasteiger charge is -2.09. The SMILES string of the molecule is Cc1ccc(N)c(SCC(=O)Nc2cccc(Cl)c2Cl)c1. The van der Waals surface area contributed by atoms with Crippen molar-refractivity contribution < 1.29 is 4.79 Å². The van der Waals surface area contributed by atoms with Crippen LogP contribution in [-0.2, 0) is 4.79 Å². The van der Waals surface area contributed by atoms with Gasteiger partial charge in [0.05, 0.1) is 21.5 Å². The molecule has 0 spiro atoms. The molecule has 0 heterocycles. The Balaban J connectivity index is 1.99. The van der Waals surface area contributed by atoms with Crippen molar-refractivity contribution in [3.63, 3.8) is 0 Å². The summed E-state index contributed by atoms with van der Waals surface area (Å²) in [5.74, 6) is 0.0846. The van der Waals surface area contributed by atoms with E-state index in [2.05, 4.69) is 5.32 Å². The first-order chi connectivity index (χ1) is 9.97. The molecule has 0 saturated carbocycles. The summed E-state index contributed by atoms with van der Waals surface area (Å²) in [6.45, 7) is 1.98. The number of nitrogens with two attached hydrogens (primary N) is 1. The van der Waals surface area contributed by atoms with Crippen molar-refractivity contribution in [2.45, 2.75) is 11.8 Å². The van der Waals surface area contributed by atoms with Gasteiger partial charge in [0.25, 0.3) is 0 Å². The molecule has 0 aromatic heterocycles. The van der Waals surface area contributed by atoms with Gasteiger partial charge in [-0.15, -0.1) is 11.8 Å². The van der Waals surface area contributed by atoms with Crippen molar-refractivity contribution in [1.29, 1.82) is 0 Å². The topological polar surface area (TPSA) is 55.1 Å². The number of benzene rings is 2. The van der Waals surface area contributed by atoms with Gasteiger partial charge in [-0.3, -0.25) is 4.79 Å². The molecular weight excluding hydrogens is 327 g/mol. The van der Waals surface area contributed by atoms with Crippen LogP contribution in [0.4, 0.5) is 11.4 Å². The van der Waals surface area contributed by atoms with Crippen LogP contribution in [-0.4, -0.2) is 11.7 Å². The summed E-state index contributed by atoms with van der Waals surface area (Å²) in [6, 6.07) is 10.8. The highest BCUT2D eigenvalue weighted by Crippen LogP contribution is 2.30. The summed E-state index contributed by atoms with van der Waals surface area (Å²) in [7, 11) is 0. The zero-order valence-electron chi connectivity index (χ0n) is 11.3. The Labute approximate surface area is 137 Å². The number of nitrogens with one attached hydrogen (secondary N) is 1. The fraction of sp³-hybridized carbons (Fsp3) is 0.133. The second-order valence-electron chi connectivity index (χ2n) is 4.48. The molecule has 3 nitrogen and oxygen atoms in total. The second kappa shape index (κ2) is 7.07. The molecule has 21 heavy (non-hydrogen) atoms. The van der Waals surface area contributed by atoms with E-state index in [0.29, 0.717) is 21.4 Å². The highest BCUT2D eigenvalue weighted by molar-refractivity contribution is 8.00. The average Bonchev–Trinajstić information content (AvgIpc) is 2.45. The van der Waals surface area contributed by atoms with Gasteiger partial charge in [-0.05, 0) is 36.8 Å². The Bertz CT molecular complexity index is 677. The van der Waals surface area contributed by atoms with Crippen molar-refractivity contribution in [1.82, 2.24) is 0 Å². The van der Waals surface area contributed by atoms with Crippen molar-refractivity contribution in [2.24, 2.45) is 0 Å². The Kier molecular flexibility index (Phi) is 5.39. The molecule has 0 aliphatic rings. The van der Waals surface area contributed by atoms with Crippen LogP contribution >= 0.6 is 35.0 Å². The van der Waals surface area contributed by atoms with Crippen LogP contribution in [0.25, 0.3) is 0 Å². The zero-order chi connectivity index (χ0) is 15.4. The molecule has 1 amide bonds. The van der Waals surface area contributed by atoms with Gasteiger partial charge in [0, 0.05) is 10.6 Å². The minimum atomic E-state index is -0.162. The van der Waals surface area contributed by atoms with E-state index >= 15 is 0 Å². The van der Waals surface area contributed by atoms with E-state index in [0.717, 1.165) is 10.5 Å². The zero-order valence-corrected chi connectivity index (χ0v) is 13.6. The summed E-state index contributed by atoms with van der Waals surface area (Å²) >= 11 is 13.3. The lowest BCUT2D eigenvalue weighted by molar-refractivity contribution is -0.113. The molecular formula is C15H14Cl2N2OS. The largest absolute Gasteiger partial charge is 0.398 e. The number of carbonyl (C=O) groups is 1. The summed E-state index contributed by atoms with van der Waals surface area (Å²) in [6.07, 6.45) is 0. The summed E-state index contributed by atoms with van der Waals surface area (Å²) in [5, 5.41) is 3.49. The van der Waals surface area contributed by atoms with Gasteiger partial charge in [0.1, 0.15) is 0 Å². The van der Waals surface area contributed by atoms with Crippen LogP contribution in [0.1, 0.15) is 5.56 Å². The number of amides is 1. The number of hydrogen-bond donors (Lipinski definition) is 2. The van der Waals surface area contributed by atoms with E-state index in [4.69, 9.17) is 28.9 Å². The van der Waals surface area contributed by atoms with Gasteiger partial charge < -0.3 is 11.1 Å². The smallest absolute Gasteiger partial charge is 0.234 e. The molecule has 110 valence electrons. The number of anilines is 2. The summed E-state index contributed by atoms with van der Waals surface area (Å²) in [5.41, 5.74) is 8.16. The second-order valence-corrected chi connectivity index (χ2v) is 6.28. The number of aryl methyl sites for hydroxylation is 1. The lowest BCUT2D eigenvalue weighted by Crippen LogP contribution is -2.14. The molecule has 0 aliphatic carbocycles. The number of rotatable bonds is 4. The molecule has 0 aliphatic heterocycles. The molecule has 0 fully saturated rings. The molecule has 2 aromatic carbocycles. The molecule has 2 rings (SSSR count). The maximum atomic E-state index is 12.0. The average molecular weight is 341 g/mol. The highest BCUT2D eigenvalue weighted by Gasteiger charge is 2.09. The maximum absolute atomic E-state index is 12.0. The fourth-order valence-corrected chi connectivity index (χ4v) is 2.91. The van der Waals surface area contributed by atoms with Crippen LogP contribution in [0.3, 0.4) is 0 Å².